The molecular formula is C14H8ClF2NO2S. The maximum atomic E-state index is 13.6. The maximum Gasteiger partial charge on any atom is 0.185 e. The molecule has 0 aliphatic carbocycles. The summed E-state index contributed by atoms with van der Waals surface area (Å²) >= 11 is 5.89. The van der Waals surface area contributed by atoms with Crippen molar-refractivity contribution in [3.05, 3.63) is 64.2 Å². The van der Waals surface area contributed by atoms with Gasteiger partial charge in [-0.2, -0.15) is 5.26 Å². The number of benzene rings is 2. The van der Waals surface area contributed by atoms with E-state index < -0.39 is 32.1 Å². The lowest BCUT2D eigenvalue weighted by atomic mass is 10.2. The molecule has 21 heavy (non-hydrogen) atoms. The SMILES string of the molecule is N#Cc1ccc(CS(=O)(=O)c2cc(F)ccc2F)c(Cl)c1. The van der Waals surface area contributed by atoms with Crippen molar-refractivity contribution in [2.45, 2.75) is 10.6 Å². The topological polar surface area (TPSA) is 57.9 Å². The average Bonchev–Trinajstić information content (AvgIpc) is 2.43. The standard InChI is InChI=1S/C14H8ClF2NO2S/c15-12-5-9(7-18)1-2-10(12)8-21(19,20)14-6-11(16)3-4-13(14)17/h1-6H,8H2. The van der Waals surface area contributed by atoms with E-state index in [0.717, 1.165) is 12.1 Å². The third kappa shape index (κ3) is 3.38. The van der Waals surface area contributed by atoms with Crippen LogP contribution in [0.15, 0.2) is 41.3 Å². The predicted molar refractivity (Wildman–Crippen MR) is 73.4 cm³/mol. The Bertz CT molecular complexity index is 845. The molecule has 0 saturated carbocycles. The predicted octanol–water partition coefficient (Wildman–Crippen LogP) is 3.46. The van der Waals surface area contributed by atoms with Crippen molar-refractivity contribution in [3.63, 3.8) is 0 Å². The number of sulfone groups is 1. The molecule has 2 rings (SSSR count). The minimum atomic E-state index is -4.09. The molecule has 0 bridgehead atoms. The Morgan fingerprint density at radius 2 is 1.86 bits per heavy atom. The molecule has 0 aliphatic heterocycles. The Labute approximate surface area is 125 Å². The van der Waals surface area contributed by atoms with Gasteiger partial charge in [-0.15, -0.1) is 0 Å². The van der Waals surface area contributed by atoms with Crippen molar-refractivity contribution in [1.29, 1.82) is 5.26 Å². The molecule has 7 heteroatoms. The summed E-state index contributed by atoms with van der Waals surface area (Å²) < 4.78 is 51.0. The maximum absolute atomic E-state index is 13.6. The van der Waals surface area contributed by atoms with E-state index in [-0.39, 0.29) is 16.1 Å². The molecule has 0 atom stereocenters. The molecule has 0 radical (unpaired) electrons. The number of hydrogen-bond acceptors (Lipinski definition) is 3. The van der Waals surface area contributed by atoms with E-state index in [9.17, 15) is 17.2 Å². The molecule has 0 aliphatic rings. The lowest BCUT2D eigenvalue weighted by Crippen LogP contribution is -2.08. The zero-order valence-corrected chi connectivity index (χ0v) is 12.0. The van der Waals surface area contributed by atoms with Gasteiger partial charge in [0.05, 0.1) is 17.4 Å². The number of nitriles is 1. The molecule has 2 aromatic rings. The van der Waals surface area contributed by atoms with Gasteiger partial charge in [-0.25, -0.2) is 17.2 Å². The summed E-state index contributed by atoms with van der Waals surface area (Å²) in [5.41, 5.74) is 0.484. The fourth-order valence-electron chi connectivity index (χ4n) is 1.73. The van der Waals surface area contributed by atoms with Crippen LogP contribution in [0.25, 0.3) is 0 Å². The second-order valence-corrected chi connectivity index (χ2v) is 6.62. The van der Waals surface area contributed by atoms with Crippen LogP contribution < -0.4 is 0 Å². The minimum absolute atomic E-state index is 0.0782. The molecule has 0 fully saturated rings. The second kappa shape index (κ2) is 5.80. The third-order valence-corrected chi connectivity index (χ3v) is 4.78. The first-order chi connectivity index (χ1) is 9.83. The molecule has 0 heterocycles. The van der Waals surface area contributed by atoms with Gasteiger partial charge in [0.1, 0.15) is 16.5 Å². The fourth-order valence-corrected chi connectivity index (χ4v) is 3.53. The van der Waals surface area contributed by atoms with Crippen molar-refractivity contribution >= 4 is 21.4 Å². The Morgan fingerprint density at radius 1 is 1.14 bits per heavy atom. The summed E-state index contributed by atoms with van der Waals surface area (Å²) in [5, 5.41) is 8.79. The molecule has 3 nitrogen and oxygen atoms in total. The average molecular weight is 328 g/mol. The highest BCUT2D eigenvalue weighted by Crippen LogP contribution is 2.25. The van der Waals surface area contributed by atoms with Gasteiger partial charge in [0.25, 0.3) is 0 Å². The molecule has 0 aromatic heterocycles. The molecule has 0 saturated heterocycles. The van der Waals surface area contributed by atoms with E-state index in [1.54, 1.807) is 0 Å². The van der Waals surface area contributed by atoms with Gasteiger partial charge >= 0.3 is 0 Å². The van der Waals surface area contributed by atoms with Crippen LogP contribution in [0.1, 0.15) is 11.1 Å². The van der Waals surface area contributed by atoms with Crippen LogP contribution in [0.4, 0.5) is 8.78 Å². The van der Waals surface area contributed by atoms with Gasteiger partial charge in [-0.05, 0) is 35.9 Å². The summed E-state index contributed by atoms with van der Waals surface area (Å²) in [4.78, 5) is -0.720. The zero-order valence-electron chi connectivity index (χ0n) is 10.5. The van der Waals surface area contributed by atoms with Crippen LogP contribution in [-0.2, 0) is 15.6 Å². The first kappa shape index (κ1) is 15.4. The molecule has 0 amide bonds. The van der Waals surface area contributed by atoms with Crippen molar-refractivity contribution in [3.8, 4) is 6.07 Å². The van der Waals surface area contributed by atoms with E-state index in [4.69, 9.17) is 16.9 Å². The molecule has 2 aromatic carbocycles. The Hall–Kier alpha value is -1.97. The monoisotopic (exact) mass is 327 g/mol. The quantitative estimate of drug-likeness (QED) is 0.867. The van der Waals surface area contributed by atoms with Crippen LogP contribution in [0.5, 0.6) is 0 Å². The van der Waals surface area contributed by atoms with E-state index in [0.29, 0.717) is 6.07 Å². The number of hydrogen-bond donors (Lipinski definition) is 0. The van der Waals surface area contributed by atoms with Crippen molar-refractivity contribution in [2.75, 3.05) is 0 Å². The number of rotatable bonds is 3. The van der Waals surface area contributed by atoms with E-state index in [1.165, 1.54) is 18.2 Å². The lowest BCUT2D eigenvalue weighted by Gasteiger charge is -2.08. The lowest BCUT2D eigenvalue weighted by molar-refractivity contribution is 0.553. The first-order valence-electron chi connectivity index (χ1n) is 5.70. The first-order valence-corrected chi connectivity index (χ1v) is 7.73. The van der Waals surface area contributed by atoms with Gasteiger partial charge in [0.2, 0.25) is 0 Å². The van der Waals surface area contributed by atoms with Crippen LogP contribution in [0.2, 0.25) is 5.02 Å². The van der Waals surface area contributed by atoms with Gasteiger partial charge in [-0.1, -0.05) is 17.7 Å². The molecule has 0 unspecified atom stereocenters. The largest absolute Gasteiger partial charge is 0.223 e. The highest BCUT2D eigenvalue weighted by Gasteiger charge is 2.22. The van der Waals surface area contributed by atoms with Crippen molar-refractivity contribution < 1.29 is 17.2 Å². The number of nitrogens with zero attached hydrogens (tertiary/aromatic N) is 1. The van der Waals surface area contributed by atoms with E-state index in [1.807, 2.05) is 6.07 Å². The third-order valence-electron chi connectivity index (χ3n) is 2.76. The highest BCUT2D eigenvalue weighted by atomic mass is 35.5. The second-order valence-electron chi connectivity index (χ2n) is 4.25. The van der Waals surface area contributed by atoms with Crippen molar-refractivity contribution in [2.24, 2.45) is 0 Å². The van der Waals surface area contributed by atoms with Crippen LogP contribution >= 0.6 is 11.6 Å². The number of halogens is 3. The normalized spacial score (nSPS) is 11.1. The van der Waals surface area contributed by atoms with Gasteiger partial charge in [0, 0.05) is 5.02 Å². The molecular weight excluding hydrogens is 320 g/mol. The van der Waals surface area contributed by atoms with Crippen molar-refractivity contribution in [1.82, 2.24) is 0 Å². The van der Waals surface area contributed by atoms with Gasteiger partial charge in [0.15, 0.2) is 9.84 Å². The van der Waals surface area contributed by atoms with Crippen LogP contribution in [-0.4, -0.2) is 8.42 Å². The Morgan fingerprint density at radius 3 is 2.48 bits per heavy atom. The Balaban J connectivity index is 2.43. The fraction of sp³-hybridized carbons (Fsp3) is 0.0714. The van der Waals surface area contributed by atoms with Crippen LogP contribution in [0.3, 0.4) is 0 Å². The van der Waals surface area contributed by atoms with Gasteiger partial charge < -0.3 is 0 Å². The summed E-state index contributed by atoms with van der Waals surface area (Å²) in [6.45, 7) is 0. The summed E-state index contributed by atoms with van der Waals surface area (Å²) in [5.74, 6) is -2.46. The Kier molecular flexibility index (Phi) is 4.26. The summed E-state index contributed by atoms with van der Waals surface area (Å²) in [7, 11) is -4.09. The smallest absolute Gasteiger partial charge is 0.185 e. The summed E-state index contributed by atoms with van der Waals surface area (Å²) in [6, 6.07) is 8.16. The minimum Gasteiger partial charge on any atom is -0.223 e. The zero-order chi connectivity index (χ0) is 15.6. The molecule has 0 N–H and O–H groups in total. The van der Waals surface area contributed by atoms with Gasteiger partial charge in [-0.3, -0.25) is 0 Å². The van der Waals surface area contributed by atoms with E-state index in [2.05, 4.69) is 0 Å². The molecule has 108 valence electrons. The highest BCUT2D eigenvalue weighted by molar-refractivity contribution is 7.90. The van der Waals surface area contributed by atoms with E-state index >= 15 is 0 Å². The summed E-state index contributed by atoms with van der Waals surface area (Å²) in [6.07, 6.45) is 0. The van der Waals surface area contributed by atoms with Crippen LogP contribution in [0, 0.1) is 23.0 Å². The molecule has 0 spiro atoms.